The van der Waals surface area contributed by atoms with Crippen LogP contribution in [0.25, 0.3) is 0 Å². The predicted octanol–water partition coefficient (Wildman–Crippen LogP) is 8.51. The van der Waals surface area contributed by atoms with E-state index in [2.05, 4.69) is 48.5 Å². The molecular formula is C28H48O2. The van der Waals surface area contributed by atoms with Gasteiger partial charge >= 0.3 is 0 Å². The number of ether oxygens (including phenoxy) is 2. The number of unbranched alkanes of at least 4 members (excludes halogenated alkanes) is 1. The van der Waals surface area contributed by atoms with Crippen molar-refractivity contribution in [3.63, 3.8) is 0 Å². The molecule has 1 aromatic rings. The lowest BCUT2D eigenvalue weighted by Gasteiger charge is -2.38. The second-order valence-electron chi connectivity index (χ2n) is 10.4. The number of fused-ring (bicyclic) bond motifs is 1. The molecule has 0 radical (unpaired) electrons. The van der Waals surface area contributed by atoms with E-state index in [9.17, 15) is 0 Å². The van der Waals surface area contributed by atoms with E-state index < -0.39 is 0 Å². The highest BCUT2D eigenvalue weighted by Gasteiger charge is 2.34. The molecule has 1 heterocycles. The monoisotopic (exact) mass is 416 g/mol. The molecule has 2 heteroatoms. The molecule has 172 valence electrons. The summed E-state index contributed by atoms with van der Waals surface area (Å²) in [6.07, 6.45) is 14.3. The van der Waals surface area contributed by atoms with Crippen LogP contribution in [0.5, 0.6) is 11.5 Å². The Morgan fingerprint density at radius 2 is 1.50 bits per heavy atom. The SMILES string of the molecule is CCCCC(C)CCCC(C)CCCC1(C)CCc2c(C)c(OC)c(C)c(C)c2O1. The maximum atomic E-state index is 6.69. The molecule has 0 N–H and O–H groups in total. The van der Waals surface area contributed by atoms with Crippen LogP contribution in [-0.4, -0.2) is 12.7 Å². The zero-order valence-corrected chi connectivity index (χ0v) is 21.2. The number of rotatable bonds is 12. The van der Waals surface area contributed by atoms with Crippen LogP contribution < -0.4 is 9.47 Å². The summed E-state index contributed by atoms with van der Waals surface area (Å²) in [5.41, 5.74) is 5.07. The fraction of sp³-hybridized carbons (Fsp3) is 0.786. The molecule has 30 heavy (non-hydrogen) atoms. The largest absolute Gasteiger partial charge is 0.496 e. The van der Waals surface area contributed by atoms with Gasteiger partial charge in [0.2, 0.25) is 0 Å². The van der Waals surface area contributed by atoms with Gasteiger partial charge in [-0.05, 0) is 81.9 Å². The van der Waals surface area contributed by atoms with E-state index in [1.165, 1.54) is 73.6 Å². The summed E-state index contributed by atoms with van der Waals surface area (Å²) in [6.45, 7) is 16.0. The van der Waals surface area contributed by atoms with Crippen LogP contribution in [0.4, 0.5) is 0 Å². The minimum Gasteiger partial charge on any atom is -0.496 e. The third kappa shape index (κ3) is 6.41. The van der Waals surface area contributed by atoms with Gasteiger partial charge in [0, 0.05) is 5.56 Å². The van der Waals surface area contributed by atoms with Crippen molar-refractivity contribution in [2.45, 2.75) is 125 Å². The summed E-state index contributed by atoms with van der Waals surface area (Å²) >= 11 is 0. The molecule has 1 aliphatic rings. The van der Waals surface area contributed by atoms with Crippen molar-refractivity contribution in [2.75, 3.05) is 7.11 Å². The summed E-state index contributed by atoms with van der Waals surface area (Å²) in [4.78, 5) is 0. The van der Waals surface area contributed by atoms with Gasteiger partial charge in [0.25, 0.3) is 0 Å². The summed E-state index contributed by atoms with van der Waals surface area (Å²) in [6, 6.07) is 0. The fourth-order valence-electron chi connectivity index (χ4n) is 5.24. The van der Waals surface area contributed by atoms with E-state index in [1.807, 2.05) is 0 Å². The van der Waals surface area contributed by atoms with Gasteiger partial charge in [0.05, 0.1) is 7.11 Å². The number of hydrogen-bond acceptors (Lipinski definition) is 2. The van der Waals surface area contributed by atoms with Gasteiger partial charge in [0.15, 0.2) is 0 Å². The van der Waals surface area contributed by atoms with Crippen molar-refractivity contribution in [3.8, 4) is 11.5 Å². The summed E-state index contributed by atoms with van der Waals surface area (Å²) < 4.78 is 12.4. The minimum atomic E-state index is -0.0282. The lowest BCUT2D eigenvalue weighted by molar-refractivity contribution is 0.0512. The number of hydrogen-bond donors (Lipinski definition) is 0. The quantitative estimate of drug-likeness (QED) is 0.340. The molecule has 0 fully saturated rings. The summed E-state index contributed by atoms with van der Waals surface area (Å²) in [7, 11) is 1.78. The Kier molecular flexibility index (Phi) is 9.57. The lowest BCUT2D eigenvalue weighted by atomic mass is 9.83. The summed E-state index contributed by atoms with van der Waals surface area (Å²) in [5.74, 6) is 3.91. The third-order valence-corrected chi connectivity index (χ3v) is 7.61. The highest BCUT2D eigenvalue weighted by molar-refractivity contribution is 5.58. The Hall–Kier alpha value is -1.18. The number of benzene rings is 1. The first-order valence-corrected chi connectivity index (χ1v) is 12.6. The maximum absolute atomic E-state index is 6.69. The molecule has 3 atom stereocenters. The molecule has 2 nitrogen and oxygen atoms in total. The molecule has 0 amide bonds. The van der Waals surface area contributed by atoms with Crippen LogP contribution in [-0.2, 0) is 6.42 Å². The Bertz CT molecular complexity index is 678. The average molecular weight is 417 g/mol. The van der Waals surface area contributed by atoms with Gasteiger partial charge < -0.3 is 9.47 Å². The molecule has 3 unspecified atom stereocenters. The van der Waals surface area contributed by atoms with E-state index >= 15 is 0 Å². The first-order chi connectivity index (χ1) is 14.2. The van der Waals surface area contributed by atoms with Crippen molar-refractivity contribution < 1.29 is 9.47 Å². The van der Waals surface area contributed by atoms with Crippen LogP contribution in [0.3, 0.4) is 0 Å². The normalized spacial score (nSPS) is 20.4. The van der Waals surface area contributed by atoms with Crippen molar-refractivity contribution in [1.82, 2.24) is 0 Å². The van der Waals surface area contributed by atoms with Crippen LogP contribution in [0.2, 0.25) is 0 Å². The van der Waals surface area contributed by atoms with Crippen LogP contribution in [0.1, 0.15) is 114 Å². The fourth-order valence-corrected chi connectivity index (χ4v) is 5.24. The lowest BCUT2D eigenvalue weighted by Crippen LogP contribution is -2.37. The molecule has 2 rings (SSSR count). The van der Waals surface area contributed by atoms with Crippen LogP contribution in [0.15, 0.2) is 0 Å². The second-order valence-corrected chi connectivity index (χ2v) is 10.4. The van der Waals surface area contributed by atoms with Crippen molar-refractivity contribution >= 4 is 0 Å². The Morgan fingerprint density at radius 3 is 2.10 bits per heavy atom. The summed E-state index contributed by atoms with van der Waals surface area (Å²) in [5, 5.41) is 0. The number of methoxy groups -OCH3 is 1. The van der Waals surface area contributed by atoms with Crippen molar-refractivity contribution in [1.29, 1.82) is 0 Å². The first kappa shape index (κ1) is 25.1. The smallest absolute Gasteiger partial charge is 0.127 e. The first-order valence-electron chi connectivity index (χ1n) is 12.6. The standard InChI is InChI=1S/C28H48O2/c1-9-10-13-20(2)14-11-15-21(3)16-12-18-28(7)19-17-25-24(6)26(29-8)22(4)23(5)27(25)30-28/h20-21H,9-19H2,1-8H3. The Morgan fingerprint density at radius 1 is 0.900 bits per heavy atom. The van der Waals surface area contributed by atoms with E-state index in [0.717, 1.165) is 42.6 Å². The zero-order valence-electron chi connectivity index (χ0n) is 21.2. The van der Waals surface area contributed by atoms with Gasteiger partial charge in [-0.1, -0.05) is 65.7 Å². The molecule has 1 aromatic carbocycles. The third-order valence-electron chi connectivity index (χ3n) is 7.61. The van der Waals surface area contributed by atoms with E-state index in [4.69, 9.17) is 9.47 Å². The van der Waals surface area contributed by atoms with E-state index in [0.29, 0.717) is 0 Å². The van der Waals surface area contributed by atoms with Gasteiger partial charge in [-0.15, -0.1) is 0 Å². The second kappa shape index (κ2) is 11.4. The van der Waals surface area contributed by atoms with Gasteiger partial charge in [0.1, 0.15) is 17.1 Å². The highest BCUT2D eigenvalue weighted by atomic mass is 16.5. The zero-order chi connectivity index (χ0) is 22.3. The predicted molar refractivity (Wildman–Crippen MR) is 130 cm³/mol. The van der Waals surface area contributed by atoms with Crippen LogP contribution >= 0.6 is 0 Å². The molecule has 1 aliphatic heterocycles. The highest BCUT2D eigenvalue weighted by Crippen LogP contribution is 2.44. The van der Waals surface area contributed by atoms with Crippen molar-refractivity contribution in [2.24, 2.45) is 11.8 Å². The van der Waals surface area contributed by atoms with E-state index in [-0.39, 0.29) is 5.60 Å². The molecule has 0 saturated heterocycles. The molecule has 0 saturated carbocycles. The minimum absolute atomic E-state index is 0.0282. The molecular weight excluding hydrogens is 368 g/mol. The average Bonchev–Trinajstić information content (AvgIpc) is 2.71. The van der Waals surface area contributed by atoms with Crippen molar-refractivity contribution in [3.05, 3.63) is 22.3 Å². The molecule has 0 aromatic heterocycles. The Balaban J connectivity index is 1.83. The topological polar surface area (TPSA) is 18.5 Å². The van der Waals surface area contributed by atoms with Gasteiger partial charge in [-0.2, -0.15) is 0 Å². The molecule has 0 bridgehead atoms. The Labute approximate surface area is 187 Å². The van der Waals surface area contributed by atoms with Gasteiger partial charge in [-0.3, -0.25) is 0 Å². The van der Waals surface area contributed by atoms with Gasteiger partial charge in [-0.25, -0.2) is 0 Å². The molecule has 0 spiro atoms. The van der Waals surface area contributed by atoms with E-state index in [1.54, 1.807) is 7.11 Å². The maximum Gasteiger partial charge on any atom is 0.127 e. The van der Waals surface area contributed by atoms with Crippen LogP contribution in [0, 0.1) is 32.6 Å². The molecule has 0 aliphatic carbocycles.